The molecule has 1 aliphatic rings. The zero-order valence-corrected chi connectivity index (χ0v) is 10.6. The molecule has 0 bridgehead atoms. The molecule has 0 spiro atoms. The van der Waals surface area contributed by atoms with Crippen LogP contribution in [0.4, 0.5) is 0 Å². The van der Waals surface area contributed by atoms with Gasteiger partial charge in [-0.15, -0.1) is 0 Å². The third kappa shape index (κ3) is 6.05. The van der Waals surface area contributed by atoms with Crippen molar-refractivity contribution in [3.8, 4) is 0 Å². The molecule has 0 amide bonds. The molecule has 16 heavy (non-hydrogen) atoms. The molecule has 3 unspecified atom stereocenters. The first-order chi connectivity index (χ1) is 7.10. The van der Waals surface area contributed by atoms with Crippen molar-refractivity contribution in [2.75, 3.05) is 7.11 Å². The molecular formula is C11H22O5. The van der Waals surface area contributed by atoms with E-state index in [0.717, 1.165) is 13.3 Å². The number of hydrogen-bond acceptors (Lipinski definition) is 4. The summed E-state index contributed by atoms with van der Waals surface area (Å²) in [6.07, 6.45) is 1.42. The van der Waals surface area contributed by atoms with Crippen LogP contribution in [-0.2, 0) is 14.3 Å². The highest BCUT2D eigenvalue weighted by Gasteiger charge is 2.42. The molecule has 2 N–H and O–H groups in total. The van der Waals surface area contributed by atoms with Gasteiger partial charge >= 0.3 is 0 Å². The van der Waals surface area contributed by atoms with Crippen molar-refractivity contribution in [1.29, 1.82) is 0 Å². The Kier molecular flexibility index (Phi) is 5.38. The van der Waals surface area contributed by atoms with Crippen LogP contribution in [0.25, 0.3) is 0 Å². The highest BCUT2D eigenvalue weighted by Crippen LogP contribution is 2.35. The summed E-state index contributed by atoms with van der Waals surface area (Å²) in [4.78, 5) is 9.00. The van der Waals surface area contributed by atoms with Crippen LogP contribution in [0.5, 0.6) is 0 Å². The molecule has 0 aromatic heterocycles. The van der Waals surface area contributed by atoms with Crippen molar-refractivity contribution in [2.24, 2.45) is 0 Å². The van der Waals surface area contributed by atoms with Gasteiger partial charge in [0.2, 0.25) is 0 Å². The summed E-state index contributed by atoms with van der Waals surface area (Å²) in [6.45, 7) is 6.71. The molecule has 3 atom stereocenters. The maximum absolute atomic E-state index is 9.71. The first kappa shape index (κ1) is 15.3. The molecule has 0 aliphatic carbocycles. The molecule has 0 aromatic carbocycles. The summed E-state index contributed by atoms with van der Waals surface area (Å²) in [5.41, 5.74) is -0.249. The van der Waals surface area contributed by atoms with Gasteiger partial charge in [0, 0.05) is 26.9 Å². The Morgan fingerprint density at radius 3 is 2.25 bits per heavy atom. The second-order valence-electron chi connectivity index (χ2n) is 4.66. The average Bonchev–Trinajstić information content (AvgIpc) is 1.98. The number of aliphatic hydroxyl groups is 1. The maximum atomic E-state index is 9.71. The van der Waals surface area contributed by atoms with Crippen molar-refractivity contribution in [3.05, 3.63) is 0 Å². The number of carbonyl (C=O) groups is 1. The largest absolute Gasteiger partial charge is 0.481 e. The zero-order valence-electron chi connectivity index (χ0n) is 10.6. The van der Waals surface area contributed by atoms with Gasteiger partial charge in [-0.05, 0) is 20.8 Å². The molecule has 5 heteroatoms. The topological polar surface area (TPSA) is 76.0 Å². The van der Waals surface area contributed by atoms with E-state index in [2.05, 4.69) is 0 Å². The highest BCUT2D eigenvalue weighted by atomic mass is 16.6. The van der Waals surface area contributed by atoms with Gasteiger partial charge in [-0.1, -0.05) is 0 Å². The predicted octanol–water partition coefficient (Wildman–Crippen LogP) is 1.39. The average molecular weight is 234 g/mol. The predicted molar refractivity (Wildman–Crippen MR) is 59.1 cm³/mol. The first-order valence-corrected chi connectivity index (χ1v) is 5.25. The molecular weight excluding hydrogens is 212 g/mol. The summed E-state index contributed by atoms with van der Waals surface area (Å²) >= 11 is 0. The molecule has 5 nitrogen and oxygen atoms in total. The monoisotopic (exact) mass is 234 g/mol. The summed E-state index contributed by atoms with van der Waals surface area (Å²) < 4.78 is 10.7. The van der Waals surface area contributed by atoms with Gasteiger partial charge in [0.05, 0.1) is 11.7 Å². The van der Waals surface area contributed by atoms with E-state index in [-0.39, 0.29) is 11.7 Å². The summed E-state index contributed by atoms with van der Waals surface area (Å²) in [7, 11) is 1.67. The highest BCUT2D eigenvalue weighted by molar-refractivity contribution is 5.62. The van der Waals surface area contributed by atoms with E-state index in [0.29, 0.717) is 6.42 Å². The molecule has 0 saturated carbocycles. The van der Waals surface area contributed by atoms with Crippen molar-refractivity contribution in [3.63, 3.8) is 0 Å². The standard InChI is InChI=1S/C9H18O3.C2H4O2/c1-7-5-8(2,11-4)6-9(3,10)12-7;1-2(3)4/h7,10H,5-6H2,1-4H3;1H3,(H,3,4). The maximum Gasteiger partial charge on any atom is 0.300 e. The van der Waals surface area contributed by atoms with E-state index in [4.69, 9.17) is 19.4 Å². The van der Waals surface area contributed by atoms with Crippen molar-refractivity contribution in [2.45, 2.75) is 58.0 Å². The van der Waals surface area contributed by atoms with Crippen LogP contribution >= 0.6 is 0 Å². The minimum absolute atomic E-state index is 0.0544. The quantitative estimate of drug-likeness (QED) is 0.717. The van der Waals surface area contributed by atoms with Crippen molar-refractivity contribution in [1.82, 2.24) is 0 Å². The molecule has 0 aromatic rings. The van der Waals surface area contributed by atoms with Gasteiger partial charge in [-0.3, -0.25) is 4.79 Å². The van der Waals surface area contributed by atoms with E-state index >= 15 is 0 Å². The van der Waals surface area contributed by atoms with Crippen molar-refractivity contribution < 1.29 is 24.5 Å². The molecule has 1 rings (SSSR count). The number of rotatable bonds is 1. The fourth-order valence-corrected chi connectivity index (χ4v) is 2.05. The minimum Gasteiger partial charge on any atom is -0.481 e. The summed E-state index contributed by atoms with van der Waals surface area (Å²) in [5.74, 6) is -1.87. The third-order valence-electron chi connectivity index (χ3n) is 2.37. The lowest BCUT2D eigenvalue weighted by molar-refractivity contribution is -0.279. The Hall–Kier alpha value is -0.650. The number of aliphatic carboxylic acids is 1. The second-order valence-corrected chi connectivity index (χ2v) is 4.66. The van der Waals surface area contributed by atoms with Gasteiger partial charge in [0.1, 0.15) is 0 Å². The van der Waals surface area contributed by atoms with Crippen LogP contribution in [-0.4, -0.2) is 40.8 Å². The van der Waals surface area contributed by atoms with Gasteiger partial charge in [0.25, 0.3) is 5.97 Å². The number of ether oxygens (including phenoxy) is 2. The fourth-order valence-electron chi connectivity index (χ4n) is 2.05. The normalized spacial score (nSPS) is 38.5. The van der Waals surface area contributed by atoms with Crippen LogP contribution in [0.3, 0.4) is 0 Å². The van der Waals surface area contributed by atoms with E-state index in [1.165, 1.54) is 0 Å². The zero-order chi connectivity index (χ0) is 13.0. The molecule has 96 valence electrons. The lowest BCUT2D eigenvalue weighted by Gasteiger charge is -2.43. The Morgan fingerprint density at radius 2 is 1.94 bits per heavy atom. The molecule has 1 aliphatic heterocycles. The van der Waals surface area contributed by atoms with E-state index in [9.17, 15) is 5.11 Å². The number of carboxylic acid groups (broad SMARTS) is 1. The first-order valence-electron chi connectivity index (χ1n) is 5.25. The lowest BCUT2D eigenvalue weighted by Crippen LogP contribution is -2.49. The van der Waals surface area contributed by atoms with Crippen LogP contribution in [0.15, 0.2) is 0 Å². The molecule has 1 saturated heterocycles. The van der Waals surface area contributed by atoms with Gasteiger partial charge in [-0.25, -0.2) is 0 Å². The Balaban J connectivity index is 0.000000487. The van der Waals surface area contributed by atoms with Gasteiger partial charge in [-0.2, -0.15) is 0 Å². The number of carboxylic acids is 1. The lowest BCUT2D eigenvalue weighted by atomic mass is 9.88. The van der Waals surface area contributed by atoms with E-state index in [1.807, 2.05) is 13.8 Å². The minimum atomic E-state index is -1.04. The Labute approximate surface area is 96.4 Å². The third-order valence-corrected chi connectivity index (χ3v) is 2.37. The van der Waals surface area contributed by atoms with Crippen LogP contribution in [0.2, 0.25) is 0 Å². The number of methoxy groups -OCH3 is 1. The number of hydrogen-bond donors (Lipinski definition) is 2. The van der Waals surface area contributed by atoms with Gasteiger partial charge in [0.15, 0.2) is 5.79 Å². The van der Waals surface area contributed by atoms with Crippen LogP contribution in [0.1, 0.15) is 40.5 Å². The van der Waals surface area contributed by atoms with Crippen LogP contribution in [0, 0.1) is 0 Å². The molecule has 1 fully saturated rings. The Morgan fingerprint density at radius 1 is 1.50 bits per heavy atom. The Bertz CT molecular complexity index is 235. The van der Waals surface area contributed by atoms with Gasteiger partial charge < -0.3 is 19.7 Å². The van der Waals surface area contributed by atoms with Crippen LogP contribution < -0.4 is 0 Å². The fraction of sp³-hybridized carbons (Fsp3) is 0.909. The smallest absolute Gasteiger partial charge is 0.300 e. The SMILES string of the molecule is CC(=O)O.COC1(C)CC(C)OC(C)(O)C1. The van der Waals surface area contributed by atoms with E-state index in [1.54, 1.807) is 14.0 Å². The molecule has 1 heterocycles. The van der Waals surface area contributed by atoms with E-state index < -0.39 is 11.8 Å². The summed E-state index contributed by atoms with van der Waals surface area (Å²) in [6, 6.07) is 0. The second kappa shape index (κ2) is 5.61. The molecule has 0 radical (unpaired) electrons. The van der Waals surface area contributed by atoms with Crippen molar-refractivity contribution >= 4 is 5.97 Å². The summed E-state index contributed by atoms with van der Waals surface area (Å²) in [5, 5.41) is 17.1.